The third-order valence-corrected chi connectivity index (χ3v) is 3.60. The quantitative estimate of drug-likeness (QED) is 0.586. The van der Waals surface area contributed by atoms with Crippen molar-refractivity contribution in [1.29, 1.82) is 0 Å². The predicted octanol–water partition coefficient (Wildman–Crippen LogP) is 3.18. The Bertz CT molecular complexity index is 556. The van der Waals surface area contributed by atoms with Crippen molar-refractivity contribution < 1.29 is 19.1 Å². The molecule has 1 N–H and O–H groups in total. The number of rotatable bonds is 8. The monoisotopic (exact) mass is 333 g/mol. The predicted molar refractivity (Wildman–Crippen MR) is 92.0 cm³/mol. The molecule has 0 heterocycles. The lowest BCUT2D eigenvalue weighted by atomic mass is 10.1. The highest BCUT2D eigenvalue weighted by Gasteiger charge is 2.23. The fourth-order valence-corrected chi connectivity index (χ4v) is 2.31. The van der Waals surface area contributed by atoms with E-state index in [1.165, 1.54) is 18.4 Å². The van der Waals surface area contributed by atoms with Gasteiger partial charge in [-0.15, -0.1) is 0 Å². The van der Waals surface area contributed by atoms with Crippen LogP contribution in [0.4, 0.5) is 0 Å². The second-order valence-corrected chi connectivity index (χ2v) is 7.16. The maximum Gasteiger partial charge on any atom is 0.325 e. The zero-order chi connectivity index (χ0) is 17.6. The smallest absolute Gasteiger partial charge is 0.325 e. The van der Waals surface area contributed by atoms with Crippen molar-refractivity contribution in [1.82, 2.24) is 5.32 Å². The van der Waals surface area contributed by atoms with Crippen molar-refractivity contribution in [3.63, 3.8) is 0 Å². The summed E-state index contributed by atoms with van der Waals surface area (Å²) in [7, 11) is 0. The van der Waals surface area contributed by atoms with Crippen molar-refractivity contribution in [2.75, 3.05) is 13.2 Å². The first-order valence-electron chi connectivity index (χ1n) is 8.55. The number of amides is 1. The number of benzene rings is 1. The highest BCUT2D eigenvalue weighted by Crippen LogP contribution is 2.40. The second kappa shape index (κ2) is 8.18. The van der Waals surface area contributed by atoms with Gasteiger partial charge in [0, 0.05) is 6.42 Å². The van der Waals surface area contributed by atoms with E-state index in [-0.39, 0.29) is 12.5 Å². The first-order valence-corrected chi connectivity index (χ1v) is 8.55. The van der Waals surface area contributed by atoms with Crippen LogP contribution in [0.3, 0.4) is 0 Å². The van der Waals surface area contributed by atoms with Crippen LogP contribution in [0.15, 0.2) is 24.3 Å². The maximum atomic E-state index is 11.7. The molecule has 132 valence electrons. The van der Waals surface area contributed by atoms with Gasteiger partial charge in [-0.25, -0.2) is 0 Å². The Morgan fingerprint density at radius 1 is 1.17 bits per heavy atom. The third kappa shape index (κ3) is 7.02. The number of ether oxygens (including phenoxy) is 2. The van der Waals surface area contributed by atoms with Crippen LogP contribution in [0.5, 0.6) is 5.75 Å². The molecule has 2 rings (SSSR count). The van der Waals surface area contributed by atoms with Gasteiger partial charge in [-0.1, -0.05) is 12.1 Å². The number of carbonyl (C=O) groups excluding carboxylic acids is 2. The van der Waals surface area contributed by atoms with Crippen molar-refractivity contribution in [2.24, 2.45) is 0 Å². The summed E-state index contributed by atoms with van der Waals surface area (Å²) in [4.78, 5) is 23.2. The average Bonchev–Trinajstić information content (AvgIpc) is 3.33. The summed E-state index contributed by atoms with van der Waals surface area (Å²) < 4.78 is 10.8. The molecule has 1 aliphatic rings. The molecule has 1 fully saturated rings. The fourth-order valence-electron chi connectivity index (χ4n) is 2.31. The van der Waals surface area contributed by atoms with Crippen molar-refractivity contribution in [3.8, 4) is 5.75 Å². The van der Waals surface area contributed by atoms with Crippen molar-refractivity contribution >= 4 is 11.9 Å². The van der Waals surface area contributed by atoms with E-state index < -0.39 is 11.6 Å². The Balaban J connectivity index is 1.56. The number of esters is 1. The van der Waals surface area contributed by atoms with Gasteiger partial charge in [-0.05, 0) is 63.6 Å². The lowest BCUT2D eigenvalue weighted by Gasteiger charge is -2.19. The van der Waals surface area contributed by atoms with Crippen LogP contribution >= 0.6 is 0 Å². The zero-order valence-electron chi connectivity index (χ0n) is 14.8. The van der Waals surface area contributed by atoms with Gasteiger partial charge in [0.1, 0.15) is 17.9 Å². The summed E-state index contributed by atoms with van der Waals surface area (Å²) in [5, 5.41) is 2.56. The first-order chi connectivity index (χ1) is 11.3. The van der Waals surface area contributed by atoms with Crippen LogP contribution in [0.2, 0.25) is 0 Å². The van der Waals surface area contributed by atoms with Crippen LogP contribution in [0, 0.1) is 0 Å². The molecule has 0 atom stereocenters. The van der Waals surface area contributed by atoms with E-state index in [0.717, 1.165) is 11.7 Å². The van der Waals surface area contributed by atoms with Gasteiger partial charge in [0.15, 0.2) is 0 Å². The Morgan fingerprint density at radius 3 is 2.42 bits per heavy atom. The van der Waals surface area contributed by atoms with Crippen molar-refractivity contribution in [2.45, 2.75) is 58.0 Å². The van der Waals surface area contributed by atoms with E-state index in [1.54, 1.807) is 20.8 Å². The second-order valence-electron chi connectivity index (χ2n) is 7.16. The molecule has 5 heteroatoms. The van der Waals surface area contributed by atoms with Crippen LogP contribution < -0.4 is 10.1 Å². The van der Waals surface area contributed by atoms with Gasteiger partial charge < -0.3 is 14.8 Å². The number of hydrogen-bond donors (Lipinski definition) is 1. The Kier molecular flexibility index (Phi) is 6.23. The Hall–Kier alpha value is -2.04. The molecule has 0 spiro atoms. The van der Waals surface area contributed by atoms with Gasteiger partial charge in [-0.2, -0.15) is 0 Å². The van der Waals surface area contributed by atoms with Gasteiger partial charge >= 0.3 is 5.97 Å². The minimum Gasteiger partial charge on any atom is -0.494 e. The summed E-state index contributed by atoms with van der Waals surface area (Å²) in [6.07, 6.45) is 3.50. The molecule has 0 saturated heterocycles. The molecule has 1 aliphatic carbocycles. The molecule has 0 aliphatic heterocycles. The standard InChI is InChI=1S/C19H27NO4/c1-19(2,3)24-18(22)13-20-17(21)5-4-12-23-16-10-8-15(9-11-16)14-6-7-14/h8-11,14H,4-7,12-13H2,1-3H3,(H,20,21). The van der Waals surface area contributed by atoms with E-state index in [0.29, 0.717) is 19.4 Å². The highest BCUT2D eigenvalue weighted by molar-refractivity contribution is 5.81. The highest BCUT2D eigenvalue weighted by atomic mass is 16.6. The summed E-state index contributed by atoms with van der Waals surface area (Å²) in [6, 6.07) is 8.19. The van der Waals surface area contributed by atoms with Crippen LogP contribution in [0.25, 0.3) is 0 Å². The molecule has 0 radical (unpaired) electrons. The van der Waals surface area contributed by atoms with Gasteiger partial charge in [0.2, 0.25) is 5.91 Å². The lowest BCUT2D eigenvalue weighted by Crippen LogP contribution is -2.34. The number of nitrogens with one attached hydrogen (secondary N) is 1. The third-order valence-electron chi connectivity index (χ3n) is 3.60. The van der Waals surface area contributed by atoms with Crippen LogP contribution in [0.1, 0.15) is 57.9 Å². The molecule has 5 nitrogen and oxygen atoms in total. The minimum absolute atomic E-state index is 0.0976. The molecule has 0 bridgehead atoms. The average molecular weight is 333 g/mol. The molecule has 0 aromatic heterocycles. The summed E-state index contributed by atoms with van der Waals surface area (Å²) in [5.74, 6) is 0.970. The normalized spacial score (nSPS) is 14.1. The molecular weight excluding hydrogens is 306 g/mol. The summed E-state index contributed by atoms with van der Waals surface area (Å²) in [5.41, 5.74) is 0.842. The molecule has 1 amide bonds. The van der Waals surface area contributed by atoms with E-state index in [2.05, 4.69) is 17.4 Å². The van der Waals surface area contributed by atoms with E-state index in [4.69, 9.17) is 9.47 Å². The van der Waals surface area contributed by atoms with E-state index in [9.17, 15) is 9.59 Å². The largest absolute Gasteiger partial charge is 0.494 e. The van der Waals surface area contributed by atoms with E-state index >= 15 is 0 Å². The minimum atomic E-state index is -0.537. The molecular formula is C19H27NO4. The Morgan fingerprint density at radius 2 is 1.83 bits per heavy atom. The number of hydrogen-bond acceptors (Lipinski definition) is 4. The molecule has 24 heavy (non-hydrogen) atoms. The van der Waals surface area contributed by atoms with Crippen LogP contribution in [-0.4, -0.2) is 30.6 Å². The fraction of sp³-hybridized carbons (Fsp3) is 0.579. The molecule has 1 saturated carbocycles. The topological polar surface area (TPSA) is 64.6 Å². The van der Waals surface area contributed by atoms with Gasteiger partial charge in [-0.3, -0.25) is 9.59 Å². The zero-order valence-corrected chi connectivity index (χ0v) is 14.8. The summed E-state index contributed by atoms with van der Waals surface area (Å²) >= 11 is 0. The first kappa shape index (κ1) is 18.3. The van der Waals surface area contributed by atoms with Crippen molar-refractivity contribution in [3.05, 3.63) is 29.8 Å². The maximum absolute atomic E-state index is 11.7. The lowest BCUT2D eigenvalue weighted by molar-refractivity contribution is -0.154. The summed E-state index contributed by atoms with van der Waals surface area (Å²) in [6.45, 7) is 5.76. The van der Waals surface area contributed by atoms with Gasteiger partial charge in [0.05, 0.1) is 6.61 Å². The van der Waals surface area contributed by atoms with Crippen LogP contribution in [-0.2, 0) is 14.3 Å². The van der Waals surface area contributed by atoms with Gasteiger partial charge in [0.25, 0.3) is 0 Å². The van der Waals surface area contributed by atoms with E-state index in [1.807, 2.05) is 12.1 Å². The molecule has 1 aromatic rings. The number of carbonyl (C=O) groups is 2. The molecule has 1 aromatic carbocycles. The molecule has 0 unspecified atom stereocenters. The Labute approximate surface area is 143 Å². The SMILES string of the molecule is CC(C)(C)OC(=O)CNC(=O)CCCOc1ccc(C2CC2)cc1.